The van der Waals surface area contributed by atoms with E-state index in [4.69, 9.17) is 9.97 Å². The van der Waals surface area contributed by atoms with Gasteiger partial charge in [0.15, 0.2) is 25.7 Å². The molecule has 4 aliphatic rings. The van der Waals surface area contributed by atoms with Crippen LogP contribution in [0.25, 0.3) is 21.8 Å². The summed E-state index contributed by atoms with van der Waals surface area (Å²) in [6, 6.07) is 8.86. The van der Waals surface area contributed by atoms with Gasteiger partial charge in [-0.1, -0.05) is 28.7 Å². The van der Waals surface area contributed by atoms with E-state index < -0.39 is 47.9 Å². The van der Waals surface area contributed by atoms with Crippen molar-refractivity contribution >= 4 is 71.5 Å². The lowest BCUT2D eigenvalue weighted by Gasteiger charge is -2.53. The van der Waals surface area contributed by atoms with Gasteiger partial charge >= 0.3 is 0 Å². The van der Waals surface area contributed by atoms with Crippen LogP contribution < -0.4 is 14.9 Å². The smallest absolute Gasteiger partial charge is 0.267 e. The van der Waals surface area contributed by atoms with Crippen LogP contribution in [-0.2, 0) is 19.9 Å². The largest absolute Gasteiger partial charge is 0.351 e. The second-order valence-corrected chi connectivity index (χ2v) is 20.1. The third-order valence-corrected chi connectivity index (χ3v) is 15.2. The molecule has 270 valence electrons. The minimum Gasteiger partial charge on any atom is -0.351 e. The number of aromatic nitrogens is 3. The van der Waals surface area contributed by atoms with Crippen LogP contribution in [0.4, 0.5) is 29.9 Å². The van der Waals surface area contributed by atoms with E-state index in [0.717, 1.165) is 44.1 Å². The zero-order valence-corrected chi connectivity index (χ0v) is 31.2. The Morgan fingerprint density at radius 1 is 0.942 bits per heavy atom. The summed E-state index contributed by atoms with van der Waals surface area (Å²) in [5.74, 6) is -2.83. The van der Waals surface area contributed by atoms with Crippen molar-refractivity contribution in [1.82, 2.24) is 19.9 Å². The van der Waals surface area contributed by atoms with Gasteiger partial charge in [-0.3, -0.25) is 4.72 Å². The first-order valence-corrected chi connectivity index (χ1v) is 21.2. The molecule has 2 bridgehead atoms. The number of sulfone groups is 1. The summed E-state index contributed by atoms with van der Waals surface area (Å²) < 4.78 is 97.4. The molecule has 3 saturated heterocycles. The molecule has 2 aromatic carbocycles. The Bertz CT molecular complexity index is 2260. The number of nitrogens with zero attached hydrogens (tertiary/aromatic N) is 5. The van der Waals surface area contributed by atoms with Crippen molar-refractivity contribution in [3.63, 3.8) is 0 Å². The fraction of sp³-hybridized carbons (Fsp3) is 0.406. The number of halogens is 3. The highest BCUT2D eigenvalue weighted by atomic mass is 32.2. The number of benzene rings is 2. The predicted molar refractivity (Wildman–Crippen MR) is 203 cm³/mol. The predicted octanol–water partition coefficient (Wildman–Crippen LogP) is 1.64. The zero-order valence-electron chi connectivity index (χ0n) is 28.7. The quantitative estimate of drug-likeness (QED) is 0.242. The van der Waals surface area contributed by atoms with Crippen molar-refractivity contribution in [3.05, 3.63) is 66.1 Å². The maximum atomic E-state index is 16.5. The topological polar surface area (TPSA) is 137 Å². The summed E-state index contributed by atoms with van der Waals surface area (Å²) in [5.41, 5.74) is 0.0112. The van der Waals surface area contributed by atoms with Gasteiger partial charge in [-0.15, -0.1) is 0 Å². The summed E-state index contributed by atoms with van der Waals surface area (Å²) in [5, 5.41) is 4.00. The van der Waals surface area contributed by atoms with Crippen LogP contribution in [0.15, 0.2) is 53.6 Å². The number of sulfonamides is 1. The van der Waals surface area contributed by atoms with Gasteiger partial charge < -0.3 is 15.1 Å². The van der Waals surface area contributed by atoms with Crippen molar-refractivity contribution in [1.29, 1.82) is 0 Å². The first-order valence-electron chi connectivity index (χ1n) is 17.1. The average Bonchev–Trinajstić information content (AvgIpc) is 3.57. The third kappa shape index (κ3) is 6.38. The van der Waals surface area contributed by atoms with Gasteiger partial charge in [0.1, 0.15) is 35.2 Å². The van der Waals surface area contributed by atoms with Gasteiger partial charge in [0.2, 0.25) is 5.95 Å². The lowest BCUT2D eigenvalue weighted by Crippen LogP contribution is -2.62. The molecule has 1 spiro atoms. The van der Waals surface area contributed by atoms with Gasteiger partial charge in [-0.25, -0.2) is 45.0 Å². The highest BCUT2D eigenvalue weighted by molar-refractivity contribution is 7.93. The second kappa shape index (κ2) is 12.5. The minimum absolute atomic E-state index is 0.00799. The van der Waals surface area contributed by atoms with Crippen molar-refractivity contribution in [2.45, 2.75) is 53.9 Å². The Labute approximate surface area is 307 Å². The molecule has 8 rings (SSSR count). The van der Waals surface area contributed by atoms with Crippen LogP contribution in [0.1, 0.15) is 25.7 Å². The molecular formula is C32H35B3F3N7O4S3. The Balaban J connectivity index is 1.15. The SMILES string of the molecule is BC(B)(B)N1CC2CCC(C1)N2c1nc(-c2cccc(NS(=O)(=O)c3c(F)cccc3F)c2F)c(-c2ccnc(NC3CC4(C3)CS(=O)(=O)C4)n2)s1. The highest BCUT2D eigenvalue weighted by Gasteiger charge is 2.56. The van der Waals surface area contributed by atoms with Crippen LogP contribution >= 0.6 is 11.3 Å². The standard InChI is InChI=1S/C32H35B3F3N7O4S3/c33-32(34,35)44-13-18-7-8-19(14-44)45(18)30-42-26(20-3-1-6-23(25(20)38)43-52(48,49)28-21(36)4-2-5-22(28)37)27(50-30)24-9-10-39-29(41-24)40-17-11-31(12-17)15-51(46,47)16-31/h1-6,9-10,17-19,43H,7-8,11-16,33-35H2,(H,39,40,41). The van der Waals surface area contributed by atoms with Crippen molar-refractivity contribution in [2.24, 2.45) is 5.41 Å². The van der Waals surface area contributed by atoms with Gasteiger partial charge in [0.05, 0.1) is 33.5 Å². The number of fused-ring (bicyclic) bond motifs is 2. The summed E-state index contributed by atoms with van der Waals surface area (Å²) in [6.45, 7) is 1.68. The Kier molecular flexibility index (Phi) is 8.51. The number of anilines is 3. The number of hydrogen-bond acceptors (Lipinski definition) is 11. The first kappa shape index (κ1) is 35.4. The molecule has 4 aromatic rings. The molecule has 0 amide bonds. The van der Waals surface area contributed by atoms with E-state index in [1.807, 2.05) is 4.72 Å². The van der Waals surface area contributed by atoms with Crippen LogP contribution in [-0.4, -0.2) is 108 Å². The van der Waals surface area contributed by atoms with Gasteiger partial charge in [-0.2, -0.15) is 0 Å². The van der Waals surface area contributed by atoms with E-state index in [1.165, 1.54) is 29.5 Å². The molecule has 11 nitrogen and oxygen atoms in total. The minimum atomic E-state index is -4.85. The molecule has 1 aliphatic carbocycles. The van der Waals surface area contributed by atoms with Gasteiger partial charge in [0, 0.05) is 48.4 Å². The molecule has 2 aromatic heterocycles. The molecule has 2 unspecified atom stereocenters. The molecule has 5 heterocycles. The fourth-order valence-corrected chi connectivity index (χ4v) is 12.9. The van der Waals surface area contributed by atoms with Crippen molar-refractivity contribution < 1.29 is 30.0 Å². The van der Waals surface area contributed by atoms with E-state index >= 15 is 4.39 Å². The first-order chi connectivity index (χ1) is 24.5. The van der Waals surface area contributed by atoms with Crippen LogP contribution in [0.3, 0.4) is 0 Å². The van der Waals surface area contributed by atoms with Crippen LogP contribution in [0, 0.1) is 22.9 Å². The molecule has 2 atom stereocenters. The number of rotatable bonds is 9. The summed E-state index contributed by atoms with van der Waals surface area (Å²) in [4.78, 5) is 18.3. The van der Waals surface area contributed by atoms with Crippen molar-refractivity contribution in [3.8, 4) is 21.8 Å². The number of hydrogen-bond donors (Lipinski definition) is 2. The molecule has 4 fully saturated rings. The normalized spacial score (nSPS) is 22.6. The number of thiazole rings is 1. The van der Waals surface area contributed by atoms with Gasteiger partial charge in [-0.05, 0) is 56.0 Å². The molecular weight excluding hydrogens is 732 g/mol. The Hall–Kier alpha value is -3.61. The Morgan fingerprint density at radius 3 is 2.23 bits per heavy atom. The second-order valence-electron chi connectivity index (χ2n) is 15.4. The maximum absolute atomic E-state index is 16.5. The number of nitrogens with one attached hydrogen (secondary N) is 2. The lowest BCUT2D eigenvalue weighted by atomic mass is 9.48. The van der Waals surface area contributed by atoms with Crippen molar-refractivity contribution in [2.75, 3.05) is 39.5 Å². The van der Waals surface area contributed by atoms with E-state index in [-0.39, 0.29) is 51.5 Å². The highest BCUT2D eigenvalue weighted by Crippen LogP contribution is 2.51. The molecule has 1 saturated carbocycles. The van der Waals surface area contributed by atoms with Crippen LogP contribution in [0.5, 0.6) is 0 Å². The van der Waals surface area contributed by atoms with E-state index in [1.54, 1.807) is 12.3 Å². The number of piperazine rings is 1. The molecule has 0 radical (unpaired) electrons. The lowest BCUT2D eigenvalue weighted by molar-refractivity contribution is 0.153. The zero-order chi connectivity index (χ0) is 36.8. The monoisotopic (exact) mass is 767 g/mol. The van der Waals surface area contributed by atoms with Crippen LogP contribution in [0.2, 0.25) is 0 Å². The van der Waals surface area contributed by atoms with E-state index in [9.17, 15) is 25.6 Å². The summed E-state index contributed by atoms with van der Waals surface area (Å²) in [7, 11) is -1.21. The molecule has 3 aliphatic heterocycles. The third-order valence-electron chi connectivity index (χ3n) is 10.6. The molecule has 52 heavy (non-hydrogen) atoms. The fourth-order valence-electron chi connectivity index (χ4n) is 8.22. The maximum Gasteiger partial charge on any atom is 0.267 e. The summed E-state index contributed by atoms with van der Waals surface area (Å²) in [6.07, 6.45) is 4.94. The molecule has 2 N–H and O–H groups in total. The Morgan fingerprint density at radius 2 is 1.60 bits per heavy atom. The number of likely N-dealkylation sites (tertiary alicyclic amines) is 1. The van der Waals surface area contributed by atoms with Gasteiger partial charge in [0.25, 0.3) is 10.0 Å². The summed E-state index contributed by atoms with van der Waals surface area (Å²) >= 11 is 1.37. The molecule has 20 heteroatoms. The van der Waals surface area contributed by atoms with E-state index in [0.29, 0.717) is 34.5 Å². The average molecular weight is 767 g/mol. The van der Waals surface area contributed by atoms with E-state index in [2.05, 4.69) is 43.6 Å².